The molecule has 2 aliphatic heterocycles. The van der Waals surface area contributed by atoms with Crippen molar-refractivity contribution in [3.63, 3.8) is 0 Å². The van der Waals surface area contributed by atoms with Crippen LogP contribution in [0.2, 0.25) is 0 Å². The third-order valence-corrected chi connectivity index (χ3v) is 5.94. The number of allylic oxidation sites excluding steroid dienone is 4. The summed E-state index contributed by atoms with van der Waals surface area (Å²) in [4.78, 5) is 2.60. The number of hydrogen-bond acceptors (Lipinski definition) is 2. The molecule has 2 heteroatoms. The zero-order chi connectivity index (χ0) is 18.1. The number of hydrogen-bond donors (Lipinski definition) is 0. The van der Waals surface area contributed by atoms with Crippen LogP contribution in [0.4, 0.5) is 0 Å². The first-order valence-electron chi connectivity index (χ1n) is 9.95. The molecule has 3 aliphatic rings. The third kappa shape index (κ3) is 3.38. The van der Waals surface area contributed by atoms with Crippen LogP contribution in [0, 0.1) is 5.92 Å². The van der Waals surface area contributed by atoms with Crippen LogP contribution in [0.1, 0.15) is 24.0 Å². The van der Waals surface area contributed by atoms with E-state index in [1.807, 2.05) is 0 Å². The van der Waals surface area contributed by atoms with Gasteiger partial charge in [0.15, 0.2) is 0 Å². The van der Waals surface area contributed by atoms with Gasteiger partial charge in [0.25, 0.3) is 0 Å². The van der Waals surface area contributed by atoms with Crippen molar-refractivity contribution in [3.05, 3.63) is 101 Å². The summed E-state index contributed by atoms with van der Waals surface area (Å²) in [5, 5.41) is 0. The Morgan fingerprint density at radius 3 is 2.56 bits per heavy atom. The minimum absolute atomic E-state index is 0.640. The van der Waals surface area contributed by atoms with Crippen LogP contribution >= 0.6 is 0 Å². The molecule has 0 amide bonds. The summed E-state index contributed by atoms with van der Waals surface area (Å²) >= 11 is 0. The molecular formula is C25H25NO. The van der Waals surface area contributed by atoms with Gasteiger partial charge in [0, 0.05) is 19.6 Å². The normalized spacial score (nSPS) is 22.3. The van der Waals surface area contributed by atoms with E-state index in [1.165, 1.54) is 22.3 Å². The average Bonchev–Trinajstić information content (AvgIpc) is 3.03. The molecule has 0 bridgehead atoms. The molecule has 2 heterocycles. The van der Waals surface area contributed by atoms with E-state index in [-0.39, 0.29) is 0 Å². The van der Waals surface area contributed by atoms with E-state index in [4.69, 9.17) is 4.74 Å². The van der Waals surface area contributed by atoms with Gasteiger partial charge in [-0.15, -0.1) is 0 Å². The number of ether oxygens (including phenoxy) is 1. The van der Waals surface area contributed by atoms with E-state index < -0.39 is 0 Å². The molecule has 5 rings (SSSR count). The first-order chi connectivity index (χ1) is 13.4. The standard InChI is InChI=1S/C25H25NO/c1-3-7-19(8-4-1)16-26-17-22-13-14-27-25-15-21(20-9-5-2-6-10-20)11-12-23(25)24(22)18-26/h1-11,15,22H,12-14,16-18H2. The van der Waals surface area contributed by atoms with Crippen LogP contribution < -0.4 is 0 Å². The first kappa shape index (κ1) is 16.6. The Morgan fingerprint density at radius 1 is 0.963 bits per heavy atom. The lowest BCUT2D eigenvalue weighted by atomic mass is 9.89. The molecule has 2 nitrogen and oxygen atoms in total. The molecule has 1 atom stereocenters. The summed E-state index contributed by atoms with van der Waals surface area (Å²) < 4.78 is 6.19. The molecule has 1 fully saturated rings. The van der Waals surface area contributed by atoms with Gasteiger partial charge in [0.1, 0.15) is 5.76 Å². The van der Waals surface area contributed by atoms with Gasteiger partial charge >= 0.3 is 0 Å². The molecule has 136 valence electrons. The fourth-order valence-corrected chi connectivity index (χ4v) is 4.59. The molecule has 1 unspecified atom stereocenters. The van der Waals surface area contributed by atoms with Crippen LogP contribution in [-0.4, -0.2) is 24.6 Å². The smallest absolute Gasteiger partial charge is 0.123 e. The van der Waals surface area contributed by atoms with Crippen LogP contribution in [0.5, 0.6) is 0 Å². The maximum Gasteiger partial charge on any atom is 0.123 e. The summed E-state index contributed by atoms with van der Waals surface area (Å²) in [7, 11) is 0. The van der Waals surface area contributed by atoms with Gasteiger partial charge in [-0.1, -0.05) is 66.7 Å². The summed E-state index contributed by atoms with van der Waals surface area (Å²) in [6.45, 7) is 4.09. The minimum Gasteiger partial charge on any atom is -0.493 e. The van der Waals surface area contributed by atoms with Crippen LogP contribution in [0.25, 0.3) is 5.57 Å². The number of nitrogens with zero attached hydrogens (tertiary/aromatic N) is 1. The van der Waals surface area contributed by atoms with Crippen molar-refractivity contribution in [1.82, 2.24) is 4.90 Å². The Morgan fingerprint density at radius 2 is 1.74 bits per heavy atom. The Kier molecular flexibility index (Phi) is 4.43. The SMILES string of the molecule is C1=C2OCCC3CN(Cc4ccccc4)CC3=C2CC=C1c1ccccc1. The summed E-state index contributed by atoms with van der Waals surface area (Å²) in [5.41, 5.74) is 7.01. The molecule has 27 heavy (non-hydrogen) atoms. The van der Waals surface area contributed by atoms with Gasteiger partial charge < -0.3 is 4.74 Å². The summed E-state index contributed by atoms with van der Waals surface area (Å²) in [6.07, 6.45) is 6.74. The Labute approximate surface area is 161 Å². The monoisotopic (exact) mass is 355 g/mol. The highest BCUT2D eigenvalue weighted by atomic mass is 16.5. The summed E-state index contributed by atoms with van der Waals surface area (Å²) in [6, 6.07) is 21.5. The van der Waals surface area contributed by atoms with E-state index in [0.29, 0.717) is 5.92 Å². The van der Waals surface area contributed by atoms with Crippen molar-refractivity contribution in [2.24, 2.45) is 5.92 Å². The van der Waals surface area contributed by atoms with E-state index in [1.54, 1.807) is 5.57 Å². The average molecular weight is 355 g/mol. The molecule has 0 saturated carbocycles. The first-order valence-corrected chi connectivity index (χ1v) is 9.95. The van der Waals surface area contributed by atoms with Crippen molar-refractivity contribution in [2.75, 3.05) is 19.7 Å². The molecule has 0 radical (unpaired) electrons. The Hall–Kier alpha value is -2.58. The molecule has 1 aliphatic carbocycles. The third-order valence-electron chi connectivity index (χ3n) is 5.94. The number of fused-ring (bicyclic) bond motifs is 2. The van der Waals surface area contributed by atoms with Crippen LogP contribution in [-0.2, 0) is 11.3 Å². The fraction of sp³-hybridized carbons (Fsp3) is 0.280. The second kappa shape index (κ2) is 7.21. The van der Waals surface area contributed by atoms with Crippen molar-refractivity contribution in [1.29, 1.82) is 0 Å². The molecule has 1 saturated heterocycles. The van der Waals surface area contributed by atoms with Crippen molar-refractivity contribution < 1.29 is 4.74 Å². The number of likely N-dealkylation sites (tertiary alicyclic amines) is 1. The molecule has 0 spiro atoms. The molecule has 2 aromatic rings. The summed E-state index contributed by atoms with van der Waals surface area (Å²) in [5.74, 6) is 1.75. The fourth-order valence-electron chi connectivity index (χ4n) is 4.59. The topological polar surface area (TPSA) is 12.5 Å². The van der Waals surface area contributed by atoms with Gasteiger partial charge in [-0.3, -0.25) is 4.90 Å². The highest BCUT2D eigenvalue weighted by molar-refractivity contribution is 5.77. The highest BCUT2D eigenvalue weighted by Gasteiger charge is 2.33. The quantitative estimate of drug-likeness (QED) is 0.750. The zero-order valence-electron chi connectivity index (χ0n) is 15.6. The van der Waals surface area contributed by atoms with Crippen molar-refractivity contribution >= 4 is 5.57 Å². The maximum atomic E-state index is 6.19. The molecular weight excluding hydrogens is 330 g/mol. The molecule has 0 N–H and O–H groups in total. The molecule has 2 aromatic carbocycles. The van der Waals surface area contributed by atoms with E-state index in [2.05, 4.69) is 77.7 Å². The van der Waals surface area contributed by atoms with Gasteiger partial charge in [-0.05, 0) is 52.7 Å². The minimum atomic E-state index is 0.640. The lowest BCUT2D eigenvalue weighted by Gasteiger charge is -2.20. The van der Waals surface area contributed by atoms with E-state index in [9.17, 15) is 0 Å². The van der Waals surface area contributed by atoms with Gasteiger partial charge in [-0.25, -0.2) is 0 Å². The number of rotatable bonds is 3. The highest BCUT2D eigenvalue weighted by Crippen LogP contribution is 2.40. The zero-order valence-corrected chi connectivity index (χ0v) is 15.6. The molecule has 0 aromatic heterocycles. The second-order valence-electron chi connectivity index (χ2n) is 7.73. The van der Waals surface area contributed by atoms with Crippen molar-refractivity contribution in [3.8, 4) is 0 Å². The van der Waals surface area contributed by atoms with Crippen LogP contribution in [0.15, 0.2) is 89.7 Å². The van der Waals surface area contributed by atoms with Gasteiger partial charge in [0.05, 0.1) is 6.61 Å². The lowest BCUT2D eigenvalue weighted by molar-refractivity contribution is 0.204. The Bertz CT molecular complexity index is 908. The second-order valence-corrected chi connectivity index (χ2v) is 7.73. The van der Waals surface area contributed by atoms with Crippen LogP contribution in [0.3, 0.4) is 0 Å². The van der Waals surface area contributed by atoms with E-state index in [0.717, 1.165) is 44.8 Å². The maximum absolute atomic E-state index is 6.19. The predicted octanol–water partition coefficient (Wildman–Crippen LogP) is 5.21. The lowest BCUT2D eigenvalue weighted by Crippen LogP contribution is -2.20. The van der Waals surface area contributed by atoms with E-state index >= 15 is 0 Å². The van der Waals surface area contributed by atoms with Crippen molar-refractivity contribution in [2.45, 2.75) is 19.4 Å². The van der Waals surface area contributed by atoms with Gasteiger partial charge in [-0.2, -0.15) is 0 Å². The largest absolute Gasteiger partial charge is 0.493 e. The predicted molar refractivity (Wildman–Crippen MR) is 110 cm³/mol. The van der Waals surface area contributed by atoms with Gasteiger partial charge in [0.2, 0.25) is 0 Å². The number of benzene rings is 2. The Balaban J connectivity index is 1.40.